The van der Waals surface area contributed by atoms with Gasteiger partial charge in [-0.15, -0.1) is 0 Å². The van der Waals surface area contributed by atoms with Crippen LogP contribution in [0.5, 0.6) is 0 Å². The smallest absolute Gasteiger partial charge is 0.155 e. The van der Waals surface area contributed by atoms with Gasteiger partial charge < -0.3 is 0 Å². The van der Waals surface area contributed by atoms with Crippen LogP contribution in [0.2, 0.25) is 5.15 Å². The molecule has 1 unspecified atom stereocenters. The van der Waals surface area contributed by atoms with Gasteiger partial charge in [-0.05, 0) is 19.3 Å². The molecule has 2 aliphatic rings. The molecule has 1 aliphatic heterocycles. The Bertz CT molecular complexity index is 604. The van der Waals surface area contributed by atoms with Crippen LogP contribution >= 0.6 is 11.6 Å². The van der Waals surface area contributed by atoms with Crippen LogP contribution in [0.1, 0.15) is 47.3 Å². The molecule has 0 radical (unpaired) electrons. The third kappa shape index (κ3) is 1.97. The fraction of sp³-hybridized carbons (Fsp3) is 0.636. The fourth-order valence-electron chi connectivity index (χ4n) is 2.42. The average molecular weight is 289 g/mol. The molecule has 0 spiro atoms. The van der Waals surface area contributed by atoms with Crippen LogP contribution in [-0.4, -0.2) is 36.0 Å². The molecule has 2 fully saturated rings. The number of halogens is 1. The zero-order valence-corrected chi connectivity index (χ0v) is 11.2. The lowest BCUT2D eigenvalue weighted by molar-refractivity contribution is 0.112. The minimum atomic E-state index is -2.98. The summed E-state index contributed by atoms with van der Waals surface area (Å²) in [5.41, 5.74) is 1.17. The first kappa shape index (κ1) is 12.2. The normalized spacial score (nSPS) is 26.4. The lowest BCUT2D eigenvalue weighted by atomic mass is 10.2. The fourth-order valence-corrected chi connectivity index (χ4v) is 4.43. The number of aromatic nitrogens is 2. The van der Waals surface area contributed by atoms with Crippen LogP contribution in [0.4, 0.5) is 0 Å². The Morgan fingerprint density at radius 1 is 1.33 bits per heavy atom. The Hall–Kier alpha value is -0.880. The summed E-state index contributed by atoms with van der Waals surface area (Å²) in [7, 11) is -2.98. The predicted octanol–water partition coefficient (Wildman–Crippen LogP) is 1.59. The average Bonchev–Trinajstić information content (AvgIpc) is 3.01. The Morgan fingerprint density at radius 3 is 2.56 bits per heavy atom. The molecule has 1 aliphatic carbocycles. The van der Waals surface area contributed by atoms with E-state index in [1.807, 2.05) is 0 Å². The lowest BCUT2D eigenvalue weighted by Gasteiger charge is -2.09. The second kappa shape index (κ2) is 4.06. The summed E-state index contributed by atoms with van der Waals surface area (Å²) in [4.78, 5) is 11.1. The number of carbonyl (C=O) groups excluding carboxylic acids is 1. The molecule has 7 heteroatoms. The number of aldehydes is 1. The van der Waals surface area contributed by atoms with E-state index in [-0.39, 0.29) is 22.7 Å². The van der Waals surface area contributed by atoms with E-state index >= 15 is 0 Å². The number of sulfone groups is 1. The summed E-state index contributed by atoms with van der Waals surface area (Å²) in [5.74, 6) is 0.557. The van der Waals surface area contributed by atoms with Gasteiger partial charge in [0.25, 0.3) is 0 Å². The number of hydrogen-bond donors (Lipinski definition) is 0. The van der Waals surface area contributed by atoms with Crippen molar-refractivity contribution in [1.82, 2.24) is 9.78 Å². The summed E-state index contributed by atoms with van der Waals surface area (Å²) in [5, 5.41) is 4.67. The first-order valence-corrected chi connectivity index (χ1v) is 8.15. The Balaban J connectivity index is 2.00. The van der Waals surface area contributed by atoms with Crippen LogP contribution in [0.3, 0.4) is 0 Å². The van der Waals surface area contributed by atoms with E-state index in [4.69, 9.17) is 11.6 Å². The van der Waals surface area contributed by atoms with Crippen molar-refractivity contribution in [2.75, 3.05) is 11.5 Å². The standard InChI is InChI=1S/C11H13ClN2O3S/c12-11-9(5-15)10(7-1-2-7)13-14(11)8-3-4-18(16,17)6-8/h5,7-8H,1-4,6H2. The highest BCUT2D eigenvalue weighted by Crippen LogP contribution is 2.43. The molecular weight excluding hydrogens is 276 g/mol. The van der Waals surface area contributed by atoms with Crippen LogP contribution in [-0.2, 0) is 9.84 Å². The van der Waals surface area contributed by atoms with Gasteiger partial charge in [-0.3, -0.25) is 4.79 Å². The molecule has 0 amide bonds. The van der Waals surface area contributed by atoms with E-state index in [0.717, 1.165) is 24.8 Å². The highest BCUT2D eigenvalue weighted by molar-refractivity contribution is 7.91. The van der Waals surface area contributed by atoms with E-state index in [9.17, 15) is 13.2 Å². The SMILES string of the molecule is O=Cc1c(C2CC2)nn(C2CCS(=O)(=O)C2)c1Cl. The van der Waals surface area contributed by atoms with Gasteiger partial charge in [0.2, 0.25) is 0 Å². The molecule has 3 rings (SSSR count). The van der Waals surface area contributed by atoms with Gasteiger partial charge in [0, 0.05) is 5.92 Å². The topological polar surface area (TPSA) is 69.0 Å². The molecule has 1 aromatic rings. The molecule has 2 heterocycles. The largest absolute Gasteiger partial charge is 0.298 e. The molecule has 1 aromatic heterocycles. The summed E-state index contributed by atoms with van der Waals surface area (Å²) >= 11 is 6.15. The van der Waals surface area contributed by atoms with E-state index in [0.29, 0.717) is 17.9 Å². The predicted molar refractivity (Wildman–Crippen MR) is 66.9 cm³/mol. The van der Waals surface area contributed by atoms with Crippen LogP contribution < -0.4 is 0 Å². The van der Waals surface area contributed by atoms with E-state index < -0.39 is 9.84 Å². The second-order valence-electron chi connectivity index (χ2n) is 4.98. The highest BCUT2D eigenvalue weighted by atomic mass is 35.5. The third-order valence-corrected chi connectivity index (χ3v) is 5.68. The third-order valence-electron chi connectivity index (χ3n) is 3.55. The summed E-state index contributed by atoms with van der Waals surface area (Å²) < 4.78 is 24.5. The van der Waals surface area contributed by atoms with Crippen molar-refractivity contribution < 1.29 is 13.2 Å². The van der Waals surface area contributed by atoms with Gasteiger partial charge in [-0.1, -0.05) is 11.6 Å². The lowest BCUT2D eigenvalue weighted by Crippen LogP contribution is -2.12. The van der Waals surface area contributed by atoms with Crippen molar-refractivity contribution in [2.45, 2.75) is 31.2 Å². The second-order valence-corrected chi connectivity index (χ2v) is 7.57. The minimum Gasteiger partial charge on any atom is -0.298 e. The van der Waals surface area contributed by atoms with E-state index in [2.05, 4.69) is 5.10 Å². The van der Waals surface area contributed by atoms with Crippen molar-refractivity contribution in [3.8, 4) is 0 Å². The molecular formula is C11H13ClN2O3S. The molecule has 0 aromatic carbocycles. The zero-order valence-electron chi connectivity index (χ0n) is 9.67. The quantitative estimate of drug-likeness (QED) is 0.792. The summed E-state index contributed by atoms with van der Waals surface area (Å²) in [6.07, 6.45) is 3.30. The molecule has 1 saturated carbocycles. The van der Waals surface area contributed by atoms with Crippen molar-refractivity contribution >= 4 is 27.7 Å². The van der Waals surface area contributed by atoms with Gasteiger partial charge in [-0.2, -0.15) is 5.10 Å². The minimum absolute atomic E-state index is 0.0663. The van der Waals surface area contributed by atoms with Crippen molar-refractivity contribution in [3.63, 3.8) is 0 Å². The maximum absolute atomic E-state index is 11.5. The first-order chi connectivity index (χ1) is 8.52. The van der Waals surface area contributed by atoms with Gasteiger partial charge in [-0.25, -0.2) is 13.1 Å². The summed E-state index contributed by atoms with van der Waals surface area (Å²) in [6.45, 7) is 0. The molecule has 1 atom stereocenters. The maximum atomic E-state index is 11.5. The van der Waals surface area contributed by atoms with Crippen molar-refractivity contribution in [1.29, 1.82) is 0 Å². The number of hydrogen-bond acceptors (Lipinski definition) is 4. The summed E-state index contributed by atoms with van der Waals surface area (Å²) in [6, 6.07) is -0.228. The molecule has 5 nitrogen and oxygen atoms in total. The zero-order chi connectivity index (χ0) is 12.9. The van der Waals surface area contributed by atoms with E-state index in [1.165, 1.54) is 4.68 Å². The first-order valence-electron chi connectivity index (χ1n) is 5.95. The van der Waals surface area contributed by atoms with Gasteiger partial charge in [0.15, 0.2) is 16.1 Å². The van der Waals surface area contributed by atoms with E-state index in [1.54, 1.807) is 0 Å². The Morgan fingerprint density at radius 2 is 2.06 bits per heavy atom. The number of rotatable bonds is 3. The van der Waals surface area contributed by atoms with Crippen LogP contribution in [0.25, 0.3) is 0 Å². The highest BCUT2D eigenvalue weighted by Gasteiger charge is 2.36. The monoisotopic (exact) mass is 288 g/mol. The van der Waals surface area contributed by atoms with Crippen molar-refractivity contribution in [3.05, 3.63) is 16.4 Å². The molecule has 98 valence electrons. The van der Waals surface area contributed by atoms with Gasteiger partial charge in [0.05, 0.1) is 28.8 Å². The van der Waals surface area contributed by atoms with Gasteiger partial charge in [0.1, 0.15) is 5.15 Å². The molecule has 0 N–H and O–H groups in total. The van der Waals surface area contributed by atoms with Crippen molar-refractivity contribution in [2.24, 2.45) is 0 Å². The molecule has 18 heavy (non-hydrogen) atoms. The van der Waals surface area contributed by atoms with Crippen LogP contribution in [0.15, 0.2) is 0 Å². The van der Waals surface area contributed by atoms with Gasteiger partial charge >= 0.3 is 0 Å². The number of nitrogens with zero attached hydrogens (tertiary/aromatic N) is 2. The maximum Gasteiger partial charge on any atom is 0.155 e. The number of carbonyl (C=O) groups is 1. The Labute approximate surface area is 110 Å². The van der Waals surface area contributed by atoms with Crippen LogP contribution in [0, 0.1) is 0 Å². The molecule has 1 saturated heterocycles. The molecule has 0 bridgehead atoms. The Kier molecular flexibility index (Phi) is 2.75.